The van der Waals surface area contributed by atoms with Crippen molar-refractivity contribution in [1.82, 2.24) is 29.8 Å². The van der Waals surface area contributed by atoms with Gasteiger partial charge in [0.05, 0.1) is 11.8 Å². The van der Waals surface area contributed by atoms with E-state index < -0.39 is 6.09 Å². The fourth-order valence-electron chi connectivity index (χ4n) is 4.14. The van der Waals surface area contributed by atoms with E-state index in [2.05, 4.69) is 27.6 Å². The Bertz CT molecular complexity index is 1150. The average molecular weight is 456 g/mol. The molecule has 3 N–H and O–H groups in total. The number of carbonyl (C=O) groups is 2. The molecule has 1 unspecified atom stereocenters. The van der Waals surface area contributed by atoms with Crippen molar-refractivity contribution in [3.05, 3.63) is 29.5 Å². The number of fused-ring (bicyclic) bond motifs is 1. The summed E-state index contributed by atoms with van der Waals surface area (Å²) < 4.78 is 1.78. The molecule has 4 heterocycles. The van der Waals surface area contributed by atoms with Crippen LogP contribution in [0.4, 0.5) is 10.6 Å². The van der Waals surface area contributed by atoms with Gasteiger partial charge < -0.3 is 20.6 Å². The van der Waals surface area contributed by atoms with Crippen molar-refractivity contribution in [3.63, 3.8) is 0 Å². The zero-order valence-corrected chi connectivity index (χ0v) is 18.5. The Kier molecular flexibility index (Phi) is 5.41. The molecule has 0 bridgehead atoms. The Morgan fingerprint density at radius 2 is 2.00 bits per heavy atom. The van der Waals surface area contributed by atoms with E-state index in [1.165, 1.54) is 12.8 Å². The van der Waals surface area contributed by atoms with Crippen LogP contribution in [0.15, 0.2) is 23.8 Å². The quantitative estimate of drug-likeness (QED) is 0.522. The Labute approximate surface area is 188 Å². The lowest BCUT2D eigenvalue weighted by molar-refractivity contribution is 0.0700. The molecule has 0 aromatic carbocycles. The van der Waals surface area contributed by atoms with E-state index in [9.17, 15) is 9.59 Å². The molecule has 10 nitrogen and oxygen atoms in total. The Hall–Kier alpha value is -3.21. The summed E-state index contributed by atoms with van der Waals surface area (Å²) in [7, 11) is 0. The van der Waals surface area contributed by atoms with Gasteiger partial charge in [0, 0.05) is 42.8 Å². The zero-order chi connectivity index (χ0) is 22.2. The molecule has 2 aliphatic rings. The van der Waals surface area contributed by atoms with Gasteiger partial charge in [-0.05, 0) is 38.5 Å². The maximum absolute atomic E-state index is 13.3. The summed E-state index contributed by atoms with van der Waals surface area (Å²) >= 11 is 1.55. The highest BCUT2D eigenvalue weighted by atomic mass is 32.1. The van der Waals surface area contributed by atoms with Gasteiger partial charge in [0.2, 0.25) is 0 Å². The molecule has 1 saturated carbocycles. The summed E-state index contributed by atoms with van der Waals surface area (Å²) in [5.41, 5.74) is 1.13. The molecule has 1 atom stereocenters. The van der Waals surface area contributed by atoms with Gasteiger partial charge in [-0.1, -0.05) is 0 Å². The number of nitrogens with one attached hydrogen (secondary N) is 2. The number of aromatic nitrogens is 4. The van der Waals surface area contributed by atoms with Crippen LogP contribution in [0, 0.1) is 5.92 Å². The summed E-state index contributed by atoms with van der Waals surface area (Å²) in [6.45, 7) is 3.10. The minimum Gasteiger partial charge on any atom is -0.465 e. The van der Waals surface area contributed by atoms with Gasteiger partial charge in [0.25, 0.3) is 5.91 Å². The number of hydrogen-bond acceptors (Lipinski definition) is 7. The summed E-state index contributed by atoms with van der Waals surface area (Å²) in [6.07, 6.45) is 6.15. The zero-order valence-electron chi connectivity index (χ0n) is 17.7. The van der Waals surface area contributed by atoms with Crippen LogP contribution in [0.2, 0.25) is 0 Å². The Morgan fingerprint density at radius 1 is 1.22 bits per heavy atom. The van der Waals surface area contributed by atoms with Crippen LogP contribution < -0.4 is 10.6 Å². The molecule has 11 heteroatoms. The number of anilines is 1. The normalized spacial score (nSPS) is 18.0. The number of hydrogen-bond donors (Lipinski definition) is 3. The minimum atomic E-state index is -1.03. The Balaban J connectivity index is 1.42. The van der Waals surface area contributed by atoms with Gasteiger partial charge in [-0.2, -0.15) is 5.10 Å². The fourth-order valence-corrected chi connectivity index (χ4v) is 4.93. The lowest BCUT2D eigenvalue weighted by Gasteiger charge is -2.31. The first kappa shape index (κ1) is 20.7. The van der Waals surface area contributed by atoms with E-state index in [1.54, 1.807) is 33.0 Å². The fraction of sp³-hybridized carbons (Fsp3) is 0.476. The third kappa shape index (κ3) is 4.24. The number of carbonyl (C=O) groups excluding carboxylic acids is 1. The predicted octanol–water partition coefficient (Wildman–Crippen LogP) is 2.94. The van der Waals surface area contributed by atoms with E-state index in [1.807, 2.05) is 11.6 Å². The van der Waals surface area contributed by atoms with Gasteiger partial charge in [0.15, 0.2) is 5.82 Å². The van der Waals surface area contributed by atoms with Crippen molar-refractivity contribution < 1.29 is 14.7 Å². The number of thiazole rings is 1. The van der Waals surface area contributed by atoms with Crippen molar-refractivity contribution in [1.29, 1.82) is 0 Å². The molecule has 0 spiro atoms. The summed E-state index contributed by atoms with van der Waals surface area (Å²) in [6, 6.07) is 1.86. The monoisotopic (exact) mass is 455 g/mol. The van der Waals surface area contributed by atoms with Crippen molar-refractivity contribution >= 4 is 34.0 Å². The van der Waals surface area contributed by atoms with Crippen LogP contribution >= 0.6 is 11.3 Å². The molecule has 3 aromatic rings. The maximum Gasteiger partial charge on any atom is 0.404 e. The maximum atomic E-state index is 13.3. The molecule has 2 amide bonds. The first-order valence-electron chi connectivity index (χ1n) is 10.8. The van der Waals surface area contributed by atoms with Crippen molar-refractivity contribution in [2.24, 2.45) is 5.92 Å². The van der Waals surface area contributed by atoms with Crippen molar-refractivity contribution in [2.75, 3.05) is 18.4 Å². The lowest BCUT2D eigenvalue weighted by Crippen LogP contribution is -2.46. The highest BCUT2D eigenvalue weighted by Crippen LogP contribution is 2.34. The van der Waals surface area contributed by atoms with Crippen LogP contribution in [0.5, 0.6) is 0 Å². The highest BCUT2D eigenvalue weighted by Gasteiger charge is 2.30. The molecule has 2 fully saturated rings. The van der Waals surface area contributed by atoms with E-state index in [0.717, 1.165) is 10.4 Å². The van der Waals surface area contributed by atoms with Gasteiger partial charge in [0.1, 0.15) is 16.3 Å². The molecular weight excluding hydrogens is 430 g/mol. The van der Waals surface area contributed by atoms with Crippen LogP contribution in [0.3, 0.4) is 0 Å². The highest BCUT2D eigenvalue weighted by molar-refractivity contribution is 7.16. The third-order valence-electron chi connectivity index (χ3n) is 6.13. The second kappa shape index (κ2) is 8.38. The van der Waals surface area contributed by atoms with E-state index >= 15 is 0 Å². The second-order valence-electron chi connectivity index (χ2n) is 8.46. The van der Waals surface area contributed by atoms with Crippen molar-refractivity contribution in [3.8, 4) is 11.4 Å². The molecule has 168 valence electrons. The van der Waals surface area contributed by atoms with Crippen LogP contribution in [0.1, 0.15) is 43.1 Å². The summed E-state index contributed by atoms with van der Waals surface area (Å²) in [5.74, 6) is 1.57. The molecule has 5 rings (SSSR count). The first-order chi connectivity index (χ1) is 15.5. The number of amides is 2. The lowest BCUT2D eigenvalue weighted by atomic mass is 10.0. The second-order valence-corrected chi connectivity index (χ2v) is 9.35. The van der Waals surface area contributed by atoms with Gasteiger partial charge in [-0.25, -0.2) is 19.3 Å². The van der Waals surface area contributed by atoms with E-state index in [4.69, 9.17) is 10.1 Å². The number of rotatable bonds is 6. The predicted molar refractivity (Wildman–Crippen MR) is 120 cm³/mol. The number of nitrogens with zero attached hydrogens (tertiary/aromatic N) is 5. The summed E-state index contributed by atoms with van der Waals surface area (Å²) in [5, 5.41) is 21.2. The van der Waals surface area contributed by atoms with Gasteiger partial charge >= 0.3 is 6.09 Å². The molecule has 1 saturated heterocycles. The molecular formula is C21H25N7O3S. The van der Waals surface area contributed by atoms with E-state index in [-0.39, 0.29) is 18.0 Å². The molecule has 1 aliphatic carbocycles. The molecule has 32 heavy (non-hydrogen) atoms. The SMILES string of the molecule is CC(Nc1cc(C(=O)N2CCC(NC(=O)O)CC2)nc(-c2cnn3ccsc23)n1)C1CC1. The van der Waals surface area contributed by atoms with Crippen LogP contribution in [-0.4, -0.2) is 66.8 Å². The summed E-state index contributed by atoms with van der Waals surface area (Å²) in [4.78, 5) is 36.2. The number of carboxylic acid groups (broad SMARTS) is 1. The largest absolute Gasteiger partial charge is 0.465 e. The van der Waals surface area contributed by atoms with Gasteiger partial charge in [-0.15, -0.1) is 11.3 Å². The smallest absolute Gasteiger partial charge is 0.404 e. The topological polar surface area (TPSA) is 125 Å². The standard InChI is InChI=1S/C21H25N7O3S/c1-12(13-2-3-13)23-17-10-16(19(29)27-6-4-14(5-7-27)24-21(30)31)25-18(26-17)15-11-22-28-8-9-32-20(15)28/h8-14,24H,2-7H2,1H3,(H,30,31)(H,23,25,26). The average Bonchev–Trinajstić information content (AvgIpc) is 3.39. The van der Waals surface area contributed by atoms with Crippen LogP contribution in [-0.2, 0) is 0 Å². The molecule has 1 aliphatic heterocycles. The van der Waals surface area contributed by atoms with E-state index in [0.29, 0.717) is 49.2 Å². The molecule has 3 aromatic heterocycles. The van der Waals surface area contributed by atoms with Crippen molar-refractivity contribution in [2.45, 2.75) is 44.7 Å². The molecule has 0 radical (unpaired) electrons. The van der Waals surface area contributed by atoms with Crippen LogP contribution in [0.25, 0.3) is 16.2 Å². The minimum absolute atomic E-state index is 0.131. The Morgan fingerprint density at radius 3 is 2.72 bits per heavy atom. The van der Waals surface area contributed by atoms with Gasteiger partial charge in [-0.3, -0.25) is 4.79 Å². The first-order valence-corrected chi connectivity index (χ1v) is 11.7. The number of likely N-dealkylation sites (tertiary alicyclic amines) is 1. The number of piperidine rings is 1. The third-order valence-corrected chi connectivity index (χ3v) is 7.02.